The number of hydrogen-bond donors (Lipinski definition) is 2. The molecule has 1 saturated heterocycles. The predicted octanol–water partition coefficient (Wildman–Crippen LogP) is 1.50. The van der Waals surface area contributed by atoms with Gasteiger partial charge in [-0.1, -0.05) is 25.3 Å². The van der Waals surface area contributed by atoms with Gasteiger partial charge in [-0.25, -0.2) is 9.59 Å². The van der Waals surface area contributed by atoms with Crippen LogP contribution in [0, 0.1) is 17.8 Å². The zero-order valence-corrected chi connectivity index (χ0v) is 15.4. The van der Waals surface area contributed by atoms with Crippen LogP contribution >= 0.6 is 11.6 Å². The average molecular weight is 383 g/mol. The van der Waals surface area contributed by atoms with Gasteiger partial charge in [-0.2, -0.15) is 0 Å². The SMILES string of the molecule is C=C1CC(OC(=O)C(C)(O)CCl)C2C(=C)C(=O)OC2C2C(=C)C(O)CC12. The van der Waals surface area contributed by atoms with Crippen molar-refractivity contribution in [2.24, 2.45) is 17.8 Å². The Morgan fingerprint density at radius 1 is 1.38 bits per heavy atom. The van der Waals surface area contributed by atoms with E-state index in [1.807, 2.05) is 0 Å². The number of aliphatic hydroxyl groups is 2. The molecule has 7 unspecified atom stereocenters. The number of hydrogen-bond acceptors (Lipinski definition) is 6. The minimum Gasteiger partial charge on any atom is -0.459 e. The van der Waals surface area contributed by atoms with Gasteiger partial charge in [-0.3, -0.25) is 0 Å². The van der Waals surface area contributed by atoms with Crippen molar-refractivity contribution in [3.8, 4) is 0 Å². The van der Waals surface area contributed by atoms with E-state index in [1.165, 1.54) is 6.92 Å². The molecule has 0 bridgehead atoms. The monoisotopic (exact) mass is 382 g/mol. The molecule has 0 amide bonds. The molecule has 26 heavy (non-hydrogen) atoms. The first-order chi connectivity index (χ1) is 12.1. The van der Waals surface area contributed by atoms with Crippen LogP contribution in [0.5, 0.6) is 0 Å². The van der Waals surface area contributed by atoms with Crippen molar-refractivity contribution in [3.05, 3.63) is 36.5 Å². The standard InChI is InChI=1S/C19H23ClO6/c1-8-5-13(25-18(23)19(4,24)7-20)15-10(3)17(22)26-16(15)14-9(2)12(21)6-11(8)14/h11-16,21,24H,1-3,5-7H2,4H3. The van der Waals surface area contributed by atoms with Crippen molar-refractivity contribution in [1.82, 2.24) is 0 Å². The third-order valence-electron chi connectivity index (χ3n) is 5.73. The summed E-state index contributed by atoms with van der Waals surface area (Å²) in [5.74, 6) is -2.76. The molecule has 3 rings (SSSR count). The second-order valence-electron chi connectivity index (χ2n) is 7.59. The molecule has 7 heteroatoms. The Kier molecular flexibility index (Phi) is 4.80. The Morgan fingerprint density at radius 2 is 2.04 bits per heavy atom. The highest BCUT2D eigenvalue weighted by molar-refractivity contribution is 6.20. The molecule has 0 aromatic heterocycles. The molecule has 2 N–H and O–H groups in total. The summed E-state index contributed by atoms with van der Waals surface area (Å²) in [5.41, 5.74) is -0.255. The molecule has 142 valence electrons. The number of rotatable bonds is 3. The molecule has 1 aliphatic heterocycles. The van der Waals surface area contributed by atoms with Crippen LogP contribution in [-0.4, -0.2) is 51.9 Å². The summed E-state index contributed by atoms with van der Waals surface area (Å²) in [4.78, 5) is 24.5. The lowest BCUT2D eigenvalue weighted by molar-refractivity contribution is -0.170. The summed E-state index contributed by atoms with van der Waals surface area (Å²) in [6.07, 6.45) is -1.37. The number of esters is 2. The molecule has 1 heterocycles. The van der Waals surface area contributed by atoms with Crippen LogP contribution in [-0.2, 0) is 19.1 Å². The lowest BCUT2D eigenvalue weighted by Crippen LogP contribution is -2.43. The van der Waals surface area contributed by atoms with Crippen molar-refractivity contribution >= 4 is 23.5 Å². The molecule has 6 nitrogen and oxygen atoms in total. The van der Waals surface area contributed by atoms with E-state index < -0.39 is 41.8 Å². The molecular formula is C19H23ClO6. The van der Waals surface area contributed by atoms with Gasteiger partial charge in [0.2, 0.25) is 0 Å². The first kappa shape index (κ1) is 19.1. The summed E-state index contributed by atoms with van der Waals surface area (Å²) >= 11 is 5.64. The van der Waals surface area contributed by atoms with Crippen molar-refractivity contribution in [2.45, 2.75) is 43.7 Å². The third-order valence-corrected chi connectivity index (χ3v) is 6.25. The second-order valence-corrected chi connectivity index (χ2v) is 7.86. The Bertz CT molecular complexity index is 696. The van der Waals surface area contributed by atoms with Gasteiger partial charge >= 0.3 is 11.9 Å². The Balaban J connectivity index is 1.96. The fourth-order valence-electron chi connectivity index (χ4n) is 4.19. The lowest BCUT2D eigenvalue weighted by Gasteiger charge is -2.30. The van der Waals surface area contributed by atoms with Crippen molar-refractivity contribution in [2.75, 3.05) is 5.88 Å². The normalized spacial score (nSPS) is 38.9. The lowest BCUT2D eigenvalue weighted by atomic mass is 9.81. The van der Waals surface area contributed by atoms with E-state index in [1.54, 1.807) is 0 Å². The van der Waals surface area contributed by atoms with E-state index in [0.717, 1.165) is 5.57 Å². The van der Waals surface area contributed by atoms with E-state index in [0.29, 0.717) is 12.0 Å². The van der Waals surface area contributed by atoms with Crippen LogP contribution < -0.4 is 0 Å². The molecule has 0 spiro atoms. The quantitative estimate of drug-likeness (QED) is 0.332. The number of halogens is 1. The molecular weight excluding hydrogens is 360 g/mol. The van der Waals surface area contributed by atoms with Crippen LogP contribution in [0.1, 0.15) is 19.8 Å². The highest BCUT2D eigenvalue weighted by Gasteiger charge is 2.57. The van der Waals surface area contributed by atoms with Crippen LogP contribution in [0.2, 0.25) is 0 Å². The molecule has 2 aliphatic carbocycles. The summed E-state index contributed by atoms with van der Waals surface area (Å²) in [7, 11) is 0. The van der Waals surface area contributed by atoms with Crippen LogP contribution in [0.25, 0.3) is 0 Å². The molecule has 3 fully saturated rings. The van der Waals surface area contributed by atoms with Gasteiger partial charge in [-0.15, -0.1) is 11.6 Å². The number of alkyl halides is 1. The van der Waals surface area contributed by atoms with Crippen molar-refractivity contribution < 1.29 is 29.3 Å². The number of aliphatic hydroxyl groups excluding tert-OH is 1. The van der Waals surface area contributed by atoms with Crippen LogP contribution in [0.15, 0.2) is 36.5 Å². The highest BCUT2D eigenvalue weighted by atomic mass is 35.5. The highest BCUT2D eigenvalue weighted by Crippen LogP contribution is 2.52. The predicted molar refractivity (Wildman–Crippen MR) is 94.2 cm³/mol. The minimum atomic E-state index is -1.84. The van der Waals surface area contributed by atoms with Crippen molar-refractivity contribution in [3.63, 3.8) is 0 Å². The first-order valence-corrected chi connectivity index (χ1v) is 9.05. The fraction of sp³-hybridized carbons (Fsp3) is 0.579. The van der Waals surface area contributed by atoms with Crippen LogP contribution in [0.3, 0.4) is 0 Å². The first-order valence-electron chi connectivity index (χ1n) is 8.52. The molecule has 0 aromatic carbocycles. The average Bonchev–Trinajstić information content (AvgIpc) is 2.99. The molecule has 0 radical (unpaired) electrons. The zero-order valence-electron chi connectivity index (χ0n) is 14.6. The maximum Gasteiger partial charge on any atom is 0.339 e. The van der Waals surface area contributed by atoms with Gasteiger partial charge in [0.25, 0.3) is 0 Å². The largest absolute Gasteiger partial charge is 0.459 e. The number of carbonyl (C=O) groups is 2. The maximum absolute atomic E-state index is 12.3. The van der Waals surface area contributed by atoms with E-state index in [2.05, 4.69) is 19.7 Å². The summed E-state index contributed by atoms with van der Waals surface area (Å²) in [6, 6.07) is 0. The zero-order chi connectivity index (χ0) is 19.4. The summed E-state index contributed by atoms with van der Waals surface area (Å²) < 4.78 is 11.1. The fourth-order valence-corrected chi connectivity index (χ4v) is 4.30. The topological polar surface area (TPSA) is 93.1 Å². The smallest absolute Gasteiger partial charge is 0.339 e. The number of ether oxygens (including phenoxy) is 2. The van der Waals surface area contributed by atoms with Gasteiger partial charge in [-0.05, 0) is 24.8 Å². The van der Waals surface area contributed by atoms with E-state index >= 15 is 0 Å². The van der Waals surface area contributed by atoms with Gasteiger partial charge in [0, 0.05) is 17.9 Å². The van der Waals surface area contributed by atoms with E-state index in [-0.39, 0.29) is 29.7 Å². The molecule has 3 aliphatic rings. The van der Waals surface area contributed by atoms with E-state index in [9.17, 15) is 19.8 Å². The van der Waals surface area contributed by atoms with Gasteiger partial charge in [0.1, 0.15) is 12.2 Å². The maximum atomic E-state index is 12.3. The Labute approximate surface area is 157 Å². The van der Waals surface area contributed by atoms with E-state index in [4.69, 9.17) is 21.1 Å². The summed E-state index contributed by atoms with van der Waals surface area (Å²) in [5, 5.41) is 20.3. The number of carbonyl (C=O) groups excluding carboxylic acids is 2. The van der Waals surface area contributed by atoms with Gasteiger partial charge < -0.3 is 19.7 Å². The third kappa shape index (κ3) is 2.90. The Hall–Kier alpha value is -1.63. The minimum absolute atomic E-state index is 0.124. The van der Waals surface area contributed by atoms with Gasteiger partial charge in [0.15, 0.2) is 5.60 Å². The Morgan fingerprint density at radius 3 is 2.65 bits per heavy atom. The van der Waals surface area contributed by atoms with Crippen LogP contribution in [0.4, 0.5) is 0 Å². The number of fused-ring (bicyclic) bond motifs is 3. The molecule has 0 aromatic rings. The summed E-state index contributed by atoms with van der Waals surface area (Å²) in [6.45, 7) is 13.1. The van der Waals surface area contributed by atoms with Gasteiger partial charge in [0.05, 0.1) is 17.9 Å². The molecule has 7 atom stereocenters. The van der Waals surface area contributed by atoms with Crippen molar-refractivity contribution in [1.29, 1.82) is 0 Å². The second kappa shape index (κ2) is 6.51. The molecule has 2 saturated carbocycles.